The van der Waals surface area contributed by atoms with E-state index in [2.05, 4.69) is 15.5 Å². The van der Waals surface area contributed by atoms with Crippen molar-refractivity contribution in [3.05, 3.63) is 53.6 Å². The Morgan fingerprint density at radius 2 is 2.15 bits per heavy atom. The van der Waals surface area contributed by atoms with Gasteiger partial charge in [-0.15, -0.1) is 0 Å². The monoisotopic (exact) mass is 270 g/mol. The predicted molar refractivity (Wildman–Crippen MR) is 73.9 cm³/mol. The Hall–Kier alpha value is -2.60. The van der Waals surface area contributed by atoms with Gasteiger partial charge in [0, 0.05) is 10.9 Å². The molecule has 0 aliphatic rings. The van der Waals surface area contributed by atoms with Crippen LogP contribution in [0, 0.1) is 0 Å². The van der Waals surface area contributed by atoms with Crippen LogP contribution in [-0.4, -0.2) is 16.1 Å². The second-order valence-electron chi connectivity index (χ2n) is 4.43. The van der Waals surface area contributed by atoms with Gasteiger partial charge < -0.3 is 15.5 Å². The number of fused-ring (bicyclic) bond motifs is 1. The fourth-order valence-electron chi connectivity index (χ4n) is 1.98. The predicted octanol–water partition coefficient (Wildman–Crippen LogP) is 1.54. The quantitative estimate of drug-likeness (QED) is 0.670. The van der Waals surface area contributed by atoms with Crippen molar-refractivity contribution in [2.24, 2.45) is 5.73 Å². The molecule has 0 aliphatic carbocycles. The number of amides is 1. The van der Waals surface area contributed by atoms with Gasteiger partial charge in [0.1, 0.15) is 11.5 Å². The Balaban J connectivity index is 1.69. The maximum absolute atomic E-state index is 12.1. The summed E-state index contributed by atoms with van der Waals surface area (Å²) in [5.41, 5.74) is 6.95. The number of carbonyl (C=O) groups excluding carboxylic acids is 1. The van der Waals surface area contributed by atoms with E-state index in [-0.39, 0.29) is 5.91 Å². The molecule has 20 heavy (non-hydrogen) atoms. The number of aromatic amines is 1. The van der Waals surface area contributed by atoms with Crippen LogP contribution < -0.4 is 11.1 Å². The van der Waals surface area contributed by atoms with E-state index in [1.54, 1.807) is 24.4 Å². The minimum atomic E-state index is -0.154. The maximum Gasteiger partial charge on any atom is 0.251 e. The smallest absolute Gasteiger partial charge is 0.251 e. The number of nitrogens with two attached hydrogens (primary N) is 1. The number of nitrogens with zero attached hydrogens (tertiary/aromatic N) is 1. The summed E-state index contributed by atoms with van der Waals surface area (Å²) in [7, 11) is 0. The number of benzene rings is 1. The topological polar surface area (TPSA) is 96.9 Å². The minimum absolute atomic E-state index is 0.154. The van der Waals surface area contributed by atoms with E-state index in [0.29, 0.717) is 30.2 Å². The first kappa shape index (κ1) is 12.4. The normalized spacial score (nSPS) is 10.8. The number of aromatic nitrogens is 2. The van der Waals surface area contributed by atoms with Crippen LogP contribution in [0.2, 0.25) is 0 Å². The number of hydrogen-bond donors (Lipinski definition) is 3. The Morgan fingerprint density at radius 3 is 2.95 bits per heavy atom. The van der Waals surface area contributed by atoms with Gasteiger partial charge in [-0.1, -0.05) is 0 Å². The number of furan rings is 1. The highest BCUT2D eigenvalue weighted by atomic mass is 16.3. The van der Waals surface area contributed by atoms with E-state index in [0.717, 1.165) is 10.9 Å². The van der Waals surface area contributed by atoms with Gasteiger partial charge >= 0.3 is 0 Å². The summed E-state index contributed by atoms with van der Waals surface area (Å²) in [5, 5.41) is 10.5. The number of hydrogen-bond acceptors (Lipinski definition) is 4. The Labute approximate surface area is 115 Å². The van der Waals surface area contributed by atoms with Crippen LogP contribution in [0.1, 0.15) is 21.9 Å². The summed E-state index contributed by atoms with van der Waals surface area (Å²) in [5.74, 6) is 1.23. The first-order valence-electron chi connectivity index (χ1n) is 6.25. The molecule has 3 rings (SSSR count). The molecule has 6 nitrogen and oxygen atoms in total. The molecule has 0 atom stereocenters. The van der Waals surface area contributed by atoms with E-state index in [9.17, 15) is 4.79 Å². The van der Waals surface area contributed by atoms with Crippen LogP contribution >= 0.6 is 0 Å². The van der Waals surface area contributed by atoms with Crippen molar-refractivity contribution in [3.8, 4) is 0 Å². The maximum atomic E-state index is 12.1. The third-order valence-electron chi connectivity index (χ3n) is 3.04. The average molecular weight is 270 g/mol. The van der Waals surface area contributed by atoms with E-state index < -0.39 is 0 Å². The molecule has 0 unspecified atom stereocenters. The Morgan fingerprint density at radius 1 is 1.30 bits per heavy atom. The Bertz CT molecular complexity index is 744. The summed E-state index contributed by atoms with van der Waals surface area (Å²) in [6.45, 7) is 0.688. The van der Waals surface area contributed by atoms with Crippen molar-refractivity contribution in [1.82, 2.24) is 15.5 Å². The van der Waals surface area contributed by atoms with Crippen molar-refractivity contribution in [3.63, 3.8) is 0 Å². The summed E-state index contributed by atoms with van der Waals surface area (Å²) in [6.07, 6.45) is 1.69. The fraction of sp³-hybridized carbons (Fsp3) is 0.143. The summed E-state index contributed by atoms with van der Waals surface area (Å²) < 4.78 is 5.42. The molecule has 1 amide bonds. The number of rotatable bonds is 4. The lowest BCUT2D eigenvalue weighted by Crippen LogP contribution is -2.22. The highest BCUT2D eigenvalue weighted by molar-refractivity contribution is 5.97. The van der Waals surface area contributed by atoms with Crippen molar-refractivity contribution in [1.29, 1.82) is 0 Å². The number of carbonyl (C=O) groups is 1. The van der Waals surface area contributed by atoms with Gasteiger partial charge in [0.15, 0.2) is 0 Å². The summed E-state index contributed by atoms with van der Waals surface area (Å²) in [6, 6.07) is 8.99. The number of H-pyrrole nitrogens is 1. The van der Waals surface area contributed by atoms with Crippen molar-refractivity contribution in [2.45, 2.75) is 13.1 Å². The van der Waals surface area contributed by atoms with Crippen LogP contribution in [0.3, 0.4) is 0 Å². The first-order chi connectivity index (χ1) is 9.76. The van der Waals surface area contributed by atoms with Crippen LogP contribution in [0.4, 0.5) is 0 Å². The van der Waals surface area contributed by atoms with E-state index in [1.807, 2.05) is 12.1 Å². The first-order valence-corrected chi connectivity index (χ1v) is 6.25. The van der Waals surface area contributed by atoms with Gasteiger partial charge in [-0.3, -0.25) is 9.89 Å². The minimum Gasteiger partial charge on any atom is -0.463 e. The molecule has 0 saturated heterocycles. The van der Waals surface area contributed by atoms with Gasteiger partial charge in [0.2, 0.25) is 0 Å². The summed E-state index contributed by atoms with van der Waals surface area (Å²) >= 11 is 0. The van der Waals surface area contributed by atoms with Crippen LogP contribution in [-0.2, 0) is 13.1 Å². The Kier molecular flexibility index (Phi) is 3.22. The van der Waals surface area contributed by atoms with E-state index in [1.165, 1.54) is 0 Å². The molecule has 2 heterocycles. The zero-order valence-corrected chi connectivity index (χ0v) is 10.7. The molecule has 1 aromatic carbocycles. The molecule has 2 aromatic heterocycles. The molecular weight excluding hydrogens is 256 g/mol. The third kappa shape index (κ3) is 2.41. The van der Waals surface area contributed by atoms with Gasteiger partial charge in [0.25, 0.3) is 5.91 Å². The molecule has 6 heteroatoms. The molecule has 4 N–H and O–H groups in total. The number of nitrogens with one attached hydrogen (secondary N) is 2. The lowest BCUT2D eigenvalue weighted by atomic mass is 10.1. The van der Waals surface area contributed by atoms with E-state index in [4.69, 9.17) is 10.2 Å². The van der Waals surface area contributed by atoms with Crippen LogP contribution in [0.5, 0.6) is 0 Å². The molecule has 0 saturated carbocycles. The van der Waals surface area contributed by atoms with Crippen molar-refractivity contribution in [2.75, 3.05) is 0 Å². The third-order valence-corrected chi connectivity index (χ3v) is 3.04. The second-order valence-corrected chi connectivity index (χ2v) is 4.43. The second kappa shape index (κ2) is 5.18. The van der Waals surface area contributed by atoms with E-state index >= 15 is 0 Å². The summed E-state index contributed by atoms with van der Waals surface area (Å²) in [4.78, 5) is 12.1. The lowest BCUT2D eigenvalue weighted by molar-refractivity contribution is 0.0948. The zero-order chi connectivity index (χ0) is 13.9. The van der Waals surface area contributed by atoms with Gasteiger partial charge in [-0.05, 0) is 30.3 Å². The molecule has 102 valence electrons. The fourth-order valence-corrected chi connectivity index (χ4v) is 1.98. The molecule has 0 bridgehead atoms. The molecule has 0 fully saturated rings. The van der Waals surface area contributed by atoms with Crippen LogP contribution in [0.25, 0.3) is 10.9 Å². The zero-order valence-electron chi connectivity index (χ0n) is 10.7. The van der Waals surface area contributed by atoms with Crippen molar-refractivity contribution < 1.29 is 9.21 Å². The average Bonchev–Trinajstić information content (AvgIpc) is 3.12. The largest absolute Gasteiger partial charge is 0.463 e. The van der Waals surface area contributed by atoms with Crippen molar-refractivity contribution >= 4 is 16.8 Å². The standard InChI is InChI=1S/C14H14N4O2/c15-6-11-2-3-12(20-11)8-16-14(19)9-1-4-13-10(5-9)7-17-18-13/h1-5,7H,6,8,15H2,(H,16,19)(H,17,18). The molecule has 0 spiro atoms. The lowest BCUT2D eigenvalue weighted by Gasteiger charge is -2.03. The SMILES string of the molecule is NCc1ccc(CNC(=O)c2ccc3[nH]ncc3c2)o1. The van der Waals surface area contributed by atoms with Gasteiger partial charge in [-0.2, -0.15) is 5.10 Å². The van der Waals surface area contributed by atoms with Gasteiger partial charge in [-0.25, -0.2) is 0 Å². The molecule has 3 aromatic rings. The highest BCUT2D eigenvalue weighted by Crippen LogP contribution is 2.13. The van der Waals surface area contributed by atoms with Gasteiger partial charge in [0.05, 0.1) is 24.8 Å². The highest BCUT2D eigenvalue weighted by Gasteiger charge is 2.08. The van der Waals surface area contributed by atoms with Crippen LogP contribution in [0.15, 0.2) is 40.9 Å². The molecule has 0 aliphatic heterocycles. The molecular formula is C14H14N4O2. The molecule has 0 radical (unpaired) electrons.